The first-order valence-electron chi connectivity index (χ1n) is 16.1. The van der Waals surface area contributed by atoms with E-state index in [-0.39, 0.29) is 34.4 Å². The SMILES string of the molecule is CCOC(=O)c1cc(-c2ccccc2)n(-c2ccc(S(C)(=O)=O)cc2)n1.CCOC(=O)c1cc(-c2ccccc2)n(-c2ccc(S(C)(=O)=O)cc2)n1. The van der Waals surface area contributed by atoms with E-state index in [0.29, 0.717) is 22.8 Å². The number of ether oxygens (including phenoxy) is 2. The number of carbonyl (C=O) groups is 2. The first-order chi connectivity index (χ1) is 24.8. The minimum Gasteiger partial charge on any atom is -0.461 e. The van der Waals surface area contributed by atoms with Crippen molar-refractivity contribution in [1.82, 2.24) is 19.6 Å². The molecule has 0 saturated heterocycles. The minimum absolute atomic E-state index is 0.192. The molecule has 0 unspecified atom stereocenters. The molecule has 268 valence electrons. The Balaban J connectivity index is 0.000000201. The maximum Gasteiger partial charge on any atom is 0.358 e. The number of esters is 2. The lowest BCUT2D eigenvalue weighted by atomic mass is 10.1. The lowest BCUT2D eigenvalue weighted by molar-refractivity contribution is 0.0509. The third kappa shape index (κ3) is 8.89. The average molecular weight is 741 g/mol. The smallest absolute Gasteiger partial charge is 0.358 e. The highest BCUT2D eigenvalue weighted by molar-refractivity contribution is 7.91. The first-order valence-corrected chi connectivity index (χ1v) is 19.8. The quantitative estimate of drug-likeness (QED) is 0.147. The van der Waals surface area contributed by atoms with E-state index in [1.807, 2.05) is 60.7 Å². The van der Waals surface area contributed by atoms with Crippen molar-refractivity contribution in [2.45, 2.75) is 23.6 Å². The predicted molar refractivity (Wildman–Crippen MR) is 196 cm³/mol. The van der Waals surface area contributed by atoms with Crippen molar-refractivity contribution in [2.75, 3.05) is 25.7 Å². The normalized spacial score (nSPS) is 11.3. The number of carbonyl (C=O) groups excluding carboxylic acids is 2. The summed E-state index contributed by atoms with van der Waals surface area (Å²) in [5, 5.41) is 8.72. The van der Waals surface area contributed by atoms with Gasteiger partial charge in [0.05, 0.1) is 45.8 Å². The van der Waals surface area contributed by atoms with Gasteiger partial charge in [-0.25, -0.2) is 35.8 Å². The van der Waals surface area contributed by atoms with Crippen molar-refractivity contribution < 1.29 is 35.9 Å². The Morgan fingerprint density at radius 1 is 0.538 bits per heavy atom. The van der Waals surface area contributed by atoms with Gasteiger partial charge in [0.25, 0.3) is 0 Å². The monoisotopic (exact) mass is 740 g/mol. The van der Waals surface area contributed by atoms with Crippen LogP contribution in [0.4, 0.5) is 0 Å². The molecule has 0 fully saturated rings. The first kappa shape index (κ1) is 37.4. The zero-order valence-electron chi connectivity index (χ0n) is 28.8. The number of hydrogen-bond acceptors (Lipinski definition) is 10. The Hall–Kier alpha value is -5.86. The molecule has 6 rings (SSSR count). The molecule has 0 N–H and O–H groups in total. The largest absolute Gasteiger partial charge is 0.461 e. The van der Waals surface area contributed by atoms with Gasteiger partial charge in [-0.15, -0.1) is 0 Å². The van der Waals surface area contributed by atoms with Crippen LogP contribution in [0.5, 0.6) is 0 Å². The minimum atomic E-state index is -3.28. The molecule has 0 radical (unpaired) electrons. The van der Waals surface area contributed by atoms with Crippen molar-refractivity contribution in [1.29, 1.82) is 0 Å². The Morgan fingerprint density at radius 3 is 1.15 bits per heavy atom. The van der Waals surface area contributed by atoms with Gasteiger partial charge in [0.2, 0.25) is 0 Å². The third-order valence-corrected chi connectivity index (χ3v) is 9.80. The maximum absolute atomic E-state index is 12.1. The van der Waals surface area contributed by atoms with Gasteiger partial charge in [-0.05, 0) is 74.5 Å². The van der Waals surface area contributed by atoms with E-state index in [2.05, 4.69) is 10.2 Å². The van der Waals surface area contributed by atoms with Crippen LogP contribution >= 0.6 is 0 Å². The number of rotatable bonds is 10. The second-order valence-corrected chi connectivity index (χ2v) is 15.4. The Kier molecular flexibility index (Phi) is 11.5. The van der Waals surface area contributed by atoms with Crippen molar-refractivity contribution in [3.05, 3.63) is 133 Å². The van der Waals surface area contributed by atoms with Crippen LogP contribution < -0.4 is 0 Å². The van der Waals surface area contributed by atoms with Gasteiger partial charge in [-0.1, -0.05) is 60.7 Å². The summed E-state index contributed by atoms with van der Waals surface area (Å²) in [4.78, 5) is 24.6. The van der Waals surface area contributed by atoms with E-state index in [4.69, 9.17) is 9.47 Å². The fourth-order valence-electron chi connectivity index (χ4n) is 5.06. The number of aromatic nitrogens is 4. The lowest BCUT2D eigenvalue weighted by Crippen LogP contribution is -2.07. The topological polar surface area (TPSA) is 157 Å². The summed E-state index contributed by atoms with van der Waals surface area (Å²) in [7, 11) is -6.57. The Labute approximate surface area is 302 Å². The third-order valence-electron chi connectivity index (χ3n) is 7.55. The number of nitrogens with zero attached hydrogens (tertiary/aromatic N) is 4. The molecular formula is C38H36N4O8S2. The van der Waals surface area contributed by atoms with Crippen LogP contribution in [-0.2, 0) is 29.1 Å². The number of benzene rings is 4. The van der Waals surface area contributed by atoms with Gasteiger partial charge in [-0.2, -0.15) is 10.2 Å². The van der Waals surface area contributed by atoms with Crippen LogP contribution in [0.3, 0.4) is 0 Å². The van der Waals surface area contributed by atoms with E-state index < -0.39 is 31.6 Å². The molecule has 6 aromatic rings. The van der Waals surface area contributed by atoms with Gasteiger partial charge in [-0.3, -0.25) is 0 Å². The van der Waals surface area contributed by atoms with Crippen LogP contribution in [0.25, 0.3) is 33.9 Å². The zero-order valence-corrected chi connectivity index (χ0v) is 30.5. The lowest BCUT2D eigenvalue weighted by Gasteiger charge is -2.08. The van der Waals surface area contributed by atoms with Gasteiger partial charge in [0, 0.05) is 23.6 Å². The summed E-state index contributed by atoms with van der Waals surface area (Å²) >= 11 is 0. The second kappa shape index (κ2) is 16.0. The van der Waals surface area contributed by atoms with Gasteiger partial charge in [0.1, 0.15) is 0 Å². The van der Waals surface area contributed by atoms with Crippen LogP contribution in [0.15, 0.2) is 131 Å². The van der Waals surface area contributed by atoms with E-state index in [9.17, 15) is 26.4 Å². The summed E-state index contributed by atoms with van der Waals surface area (Å²) in [6.45, 7) is 3.98. The van der Waals surface area contributed by atoms with Crippen molar-refractivity contribution in [3.63, 3.8) is 0 Å². The molecule has 0 spiro atoms. The highest BCUT2D eigenvalue weighted by atomic mass is 32.2. The molecule has 52 heavy (non-hydrogen) atoms. The molecule has 0 aliphatic heterocycles. The summed E-state index contributed by atoms with van der Waals surface area (Å²) in [5.41, 5.74) is 4.85. The van der Waals surface area contributed by atoms with E-state index in [1.54, 1.807) is 59.6 Å². The molecule has 0 amide bonds. The van der Waals surface area contributed by atoms with E-state index >= 15 is 0 Å². The summed E-state index contributed by atoms with van der Waals surface area (Å²) < 4.78 is 59.9. The highest BCUT2D eigenvalue weighted by Crippen LogP contribution is 2.27. The zero-order chi connectivity index (χ0) is 37.5. The molecule has 0 bridgehead atoms. The molecule has 12 nitrogen and oxygen atoms in total. The van der Waals surface area contributed by atoms with Crippen LogP contribution in [0.2, 0.25) is 0 Å². The standard InChI is InChI=1S/2C19H18N2O4S/c2*1-3-25-19(22)17-13-18(14-7-5-4-6-8-14)21(20-17)15-9-11-16(12-10-15)26(2,23)24/h2*4-13H,3H2,1-2H3. The van der Waals surface area contributed by atoms with Crippen LogP contribution in [-0.4, -0.2) is 74.1 Å². The summed E-state index contributed by atoms with van der Waals surface area (Å²) in [6, 6.07) is 35.0. The molecule has 0 aliphatic rings. The number of hydrogen-bond donors (Lipinski definition) is 0. The fourth-order valence-corrected chi connectivity index (χ4v) is 6.32. The summed E-state index contributed by atoms with van der Waals surface area (Å²) in [6.07, 6.45) is 2.31. The fraction of sp³-hybridized carbons (Fsp3) is 0.158. The Morgan fingerprint density at radius 2 is 0.865 bits per heavy atom. The van der Waals surface area contributed by atoms with Crippen LogP contribution in [0.1, 0.15) is 34.8 Å². The van der Waals surface area contributed by atoms with Crippen molar-refractivity contribution >= 4 is 31.6 Å². The summed E-state index contributed by atoms with van der Waals surface area (Å²) in [5.74, 6) is -1.01. The van der Waals surface area contributed by atoms with E-state index in [0.717, 1.165) is 23.6 Å². The maximum atomic E-state index is 12.1. The van der Waals surface area contributed by atoms with Crippen LogP contribution in [0, 0.1) is 0 Å². The average Bonchev–Trinajstić information content (AvgIpc) is 3.79. The Bertz CT molecular complexity index is 2220. The highest BCUT2D eigenvalue weighted by Gasteiger charge is 2.20. The molecule has 0 saturated carbocycles. The molecule has 2 heterocycles. The molecule has 14 heteroatoms. The molecule has 4 aromatic carbocycles. The van der Waals surface area contributed by atoms with Gasteiger partial charge in [0.15, 0.2) is 31.1 Å². The van der Waals surface area contributed by atoms with Crippen molar-refractivity contribution in [3.8, 4) is 33.9 Å². The van der Waals surface area contributed by atoms with Gasteiger partial charge >= 0.3 is 11.9 Å². The molecule has 0 atom stereocenters. The molecule has 2 aromatic heterocycles. The van der Waals surface area contributed by atoms with Gasteiger partial charge < -0.3 is 9.47 Å². The number of sulfone groups is 2. The van der Waals surface area contributed by atoms with Crippen molar-refractivity contribution in [2.24, 2.45) is 0 Å². The predicted octanol–water partition coefficient (Wildman–Crippen LogP) is 6.24. The van der Waals surface area contributed by atoms with E-state index in [1.165, 1.54) is 24.3 Å². The second-order valence-electron chi connectivity index (χ2n) is 11.4. The molecule has 0 aliphatic carbocycles. The molecular weight excluding hydrogens is 705 g/mol.